The first-order chi connectivity index (χ1) is 37.0. The van der Waals surface area contributed by atoms with Crippen LogP contribution in [0.25, 0.3) is 0 Å². The van der Waals surface area contributed by atoms with Crippen molar-refractivity contribution in [1.29, 1.82) is 0 Å². The number of unbranched alkanes of at least 4 members (excludes halogenated alkanes) is 24. The Labute approximate surface area is 462 Å². The lowest BCUT2D eigenvalue weighted by Crippen LogP contribution is -2.30. The van der Waals surface area contributed by atoms with Crippen molar-refractivity contribution in [2.75, 3.05) is 13.2 Å². The molecule has 0 saturated heterocycles. The molecule has 6 nitrogen and oxygen atoms in total. The summed E-state index contributed by atoms with van der Waals surface area (Å²) in [7, 11) is 0. The van der Waals surface area contributed by atoms with Crippen molar-refractivity contribution in [2.24, 2.45) is 0 Å². The second kappa shape index (κ2) is 62.4. The molecule has 0 N–H and O–H groups in total. The first-order valence-corrected chi connectivity index (χ1v) is 31.0. The Balaban J connectivity index is 4.46. The zero-order chi connectivity index (χ0) is 54.3. The smallest absolute Gasteiger partial charge is 0.306 e. The van der Waals surface area contributed by atoms with Gasteiger partial charge in [0.05, 0.1) is 0 Å². The summed E-state index contributed by atoms with van der Waals surface area (Å²) >= 11 is 0. The molecule has 0 rings (SSSR count). The number of hydrogen-bond donors (Lipinski definition) is 0. The Morgan fingerprint density at radius 1 is 0.280 bits per heavy atom. The lowest BCUT2D eigenvalue weighted by atomic mass is 10.0. The van der Waals surface area contributed by atoms with E-state index in [1.807, 2.05) is 0 Å². The van der Waals surface area contributed by atoms with Crippen LogP contribution in [-0.4, -0.2) is 37.2 Å². The van der Waals surface area contributed by atoms with Gasteiger partial charge < -0.3 is 14.2 Å². The molecule has 0 spiro atoms. The molecule has 1 atom stereocenters. The van der Waals surface area contributed by atoms with Gasteiger partial charge in [0.1, 0.15) is 13.2 Å². The molecule has 0 aromatic heterocycles. The highest BCUT2D eigenvalue weighted by molar-refractivity contribution is 5.71. The van der Waals surface area contributed by atoms with Crippen molar-refractivity contribution in [1.82, 2.24) is 0 Å². The van der Waals surface area contributed by atoms with Crippen molar-refractivity contribution in [3.8, 4) is 0 Å². The van der Waals surface area contributed by atoms with Gasteiger partial charge >= 0.3 is 17.9 Å². The van der Waals surface area contributed by atoms with Crippen LogP contribution in [0.4, 0.5) is 0 Å². The summed E-state index contributed by atoms with van der Waals surface area (Å²) in [5.74, 6) is -0.928. The Hall–Kier alpha value is -4.19. The lowest BCUT2D eigenvalue weighted by molar-refractivity contribution is -0.167. The minimum atomic E-state index is -0.800. The van der Waals surface area contributed by atoms with E-state index >= 15 is 0 Å². The van der Waals surface area contributed by atoms with Gasteiger partial charge in [0.15, 0.2) is 6.10 Å². The Morgan fingerprint density at radius 2 is 0.520 bits per heavy atom. The van der Waals surface area contributed by atoms with Crippen molar-refractivity contribution >= 4 is 17.9 Å². The van der Waals surface area contributed by atoms with E-state index in [1.54, 1.807) is 0 Å². The fourth-order valence-electron chi connectivity index (χ4n) is 8.38. The van der Waals surface area contributed by atoms with Crippen molar-refractivity contribution in [3.63, 3.8) is 0 Å². The van der Waals surface area contributed by atoms with Gasteiger partial charge in [0.2, 0.25) is 0 Å². The van der Waals surface area contributed by atoms with Crippen LogP contribution >= 0.6 is 0 Å². The lowest BCUT2D eigenvalue weighted by Gasteiger charge is -2.18. The van der Waals surface area contributed by atoms with Crippen LogP contribution in [0.3, 0.4) is 0 Å². The van der Waals surface area contributed by atoms with Crippen LogP contribution < -0.4 is 0 Å². The van der Waals surface area contributed by atoms with E-state index in [-0.39, 0.29) is 31.1 Å². The topological polar surface area (TPSA) is 78.9 Å². The molecule has 0 bridgehead atoms. The van der Waals surface area contributed by atoms with E-state index in [0.717, 1.165) is 148 Å². The maximum Gasteiger partial charge on any atom is 0.306 e. The standard InChI is InChI=1S/C69H114O6/c1-4-7-10-13-16-19-22-25-28-30-32-33-34-35-37-38-41-44-47-50-53-56-59-62-68(71)74-65-66(64-73-67(70)61-58-55-52-49-46-43-40-27-24-21-18-15-12-9-6-3)75-69(72)63-60-57-54-51-48-45-42-39-36-31-29-26-23-20-17-14-11-8-5-2/h7-8,10-11,16-17,19-20,25-26,28-29,32-33,35-37,39,41,44,66H,4-6,9,12-15,18,21-24,27,30-31,34,38,40,42-43,45-65H2,1-3H3/b10-7-,11-8-,19-16-,20-17-,28-25-,29-26-,33-32-,37-35-,39-36-,44-41-. The molecule has 0 fully saturated rings. The molecule has 6 heteroatoms. The van der Waals surface area contributed by atoms with Gasteiger partial charge in [-0.1, -0.05) is 271 Å². The summed E-state index contributed by atoms with van der Waals surface area (Å²) in [6.07, 6.45) is 86.2. The number of carbonyl (C=O) groups is 3. The normalized spacial score (nSPS) is 12.9. The van der Waals surface area contributed by atoms with Gasteiger partial charge in [0.25, 0.3) is 0 Å². The Kier molecular flexibility index (Phi) is 58.9. The maximum atomic E-state index is 12.9. The van der Waals surface area contributed by atoms with Crippen LogP contribution in [0.15, 0.2) is 122 Å². The van der Waals surface area contributed by atoms with Gasteiger partial charge in [-0.3, -0.25) is 14.4 Å². The third-order valence-corrected chi connectivity index (χ3v) is 13.0. The largest absolute Gasteiger partial charge is 0.462 e. The molecule has 0 aliphatic rings. The van der Waals surface area contributed by atoms with Gasteiger partial charge in [-0.25, -0.2) is 0 Å². The SMILES string of the molecule is CC/C=C\C/C=C\C/C=C\C/C=C\C/C=C\C/C=C\CCCCCCC(=O)OCC(COC(=O)CCCCCCCCCCCCCCCCC)OC(=O)CCCCCCCC/C=C\C/C=C\C/C=C\C/C=C\CC. The average Bonchev–Trinajstić information content (AvgIpc) is 3.41. The molecule has 0 aromatic carbocycles. The molecule has 1 unspecified atom stereocenters. The van der Waals surface area contributed by atoms with Gasteiger partial charge in [-0.2, -0.15) is 0 Å². The second-order valence-corrected chi connectivity index (χ2v) is 20.2. The van der Waals surface area contributed by atoms with Gasteiger partial charge in [-0.15, -0.1) is 0 Å². The third kappa shape index (κ3) is 60.6. The molecule has 0 aliphatic carbocycles. The monoisotopic (exact) mass is 1040 g/mol. The van der Waals surface area contributed by atoms with Crippen molar-refractivity contribution in [3.05, 3.63) is 122 Å². The summed E-state index contributed by atoms with van der Waals surface area (Å²) in [4.78, 5) is 38.3. The minimum Gasteiger partial charge on any atom is -0.462 e. The van der Waals surface area contributed by atoms with Crippen LogP contribution in [0.5, 0.6) is 0 Å². The predicted octanol–water partition coefficient (Wildman–Crippen LogP) is 21.2. The summed E-state index contributed by atoms with van der Waals surface area (Å²) in [6.45, 7) is 6.40. The number of carbonyl (C=O) groups excluding carboxylic acids is 3. The van der Waals surface area contributed by atoms with E-state index in [0.29, 0.717) is 19.3 Å². The maximum absolute atomic E-state index is 12.9. The van der Waals surface area contributed by atoms with Gasteiger partial charge in [-0.05, 0) is 109 Å². The van der Waals surface area contributed by atoms with Crippen LogP contribution in [0, 0.1) is 0 Å². The van der Waals surface area contributed by atoms with E-state index < -0.39 is 6.10 Å². The minimum absolute atomic E-state index is 0.0928. The molecule has 0 heterocycles. The van der Waals surface area contributed by atoms with Crippen LogP contribution in [0.1, 0.15) is 278 Å². The van der Waals surface area contributed by atoms with Crippen LogP contribution in [0.2, 0.25) is 0 Å². The molecule has 0 saturated carbocycles. The molecule has 75 heavy (non-hydrogen) atoms. The zero-order valence-corrected chi connectivity index (χ0v) is 48.8. The quantitative estimate of drug-likeness (QED) is 0.0261. The van der Waals surface area contributed by atoms with Crippen LogP contribution in [-0.2, 0) is 28.6 Å². The molecule has 0 radical (unpaired) electrons. The first-order valence-electron chi connectivity index (χ1n) is 31.0. The van der Waals surface area contributed by atoms with Gasteiger partial charge in [0, 0.05) is 19.3 Å². The van der Waals surface area contributed by atoms with E-state index in [4.69, 9.17) is 14.2 Å². The van der Waals surface area contributed by atoms with Crippen molar-refractivity contribution in [2.45, 2.75) is 284 Å². The first kappa shape index (κ1) is 70.8. The second-order valence-electron chi connectivity index (χ2n) is 20.2. The fourth-order valence-corrected chi connectivity index (χ4v) is 8.38. The molecule has 0 aromatic rings. The highest BCUT2D eigenvalue weighted by Crippen LogP contribution is 2.16. The number of esters is 3. The predicted molar refractivity (Wildman–Crippen MR) is 325 cm³/mol. The number of rotatable bonds is 55. The Morgan fingerprint density at radius 3 is 0.813 bits per heavy atom. The summed E-state index contributed by atoms with van der Waals surface area (Å²) in [6, 6.07) is 0. The third-order valence-electron chi connectivity index (χ3n) is 13.0. The molecular weight excluding hydrogens is 925 g/mol. The summed E-state index contributed by atoms with van der Waals surface area (Å²) < 4.78 is 16.9. The molecular formula is C69H114O6. The highest BCUT2D eigenvalue weighted by Gasteiger charge is 2.19. The zero-order valence-electron chi connectivity index (χ0n) is 48.8. The van der Waals surface area contributed by atoms with Crippen molar-refractivity contribution < 1.29 is 28.6 Å². The number of ether oxygens (including phenoxy) is 3. The van der Waals surface area contributed by atoms with E-state index in [1.165, 1.54) is 89.9 Å². The van der Waals surface area contributed by atoms with E-state index in [2.05, 4.69) is 142 Å². The Bertz CT molecular complexity index is 1570. The summed E-state index contributed by atoms with van der Waals surface area (Å²) in [5, 5.41) is 0. The van der Waals surface area contributed by atoms with E-state index in [9.17, 15) is 14.4 Å². The highest BCUT2D eigenvalue weighted by atomic mass is 16.6. The number of allylic oxidation sites excluding steroid dienone is 20. The molecule has 0 aliphatic heterocycles. The molecule has 0 amide bonds. The average molecular weight is 1040 g/mol. The molecule has 426 valence electrons. The fraction of sp³-hybridized carbons (Fsp3) is 0.667. The number of hydrogen-bond acceptors (Lipinski definition) is 6. The summed E-state index contributed by atoms with van der Waals surface area (Å²) in [5.41, 5.74) is 0.